The molecule has 88 valence electrons. The normalized spacial score (nSPS) is 21.9. The van der Waals surface area contributed by atoms with Crippen molar-refractivity contribution in [2.45, 2.75) is 32.6 Å². The average molecular weight is 283 g/mol. The molecule has 1 aromatic rings. The van der Waals surface area contributed by atoms with Crippen LogP contribution in [0.5, 0.6) is 0 Å². The average Bonchev–Trinajstić information content (AvgIpc) is 2.55. The third-order valence-corrected chi connectivity index (χ3v) is 4.13. The summed E-state index contributed by atoms with van der Waals surface area (Å²) in [6.45, 7) is 4.67. The fourth-order valence-electron chi connectivity index (χ4n) is 2.44. The van der Waals surface area contributed by atoms with E-state index in [1.165, 1.54) is 44.5 Å². The largest absolute Gasteiger partial charge is 0.371 e. The van der Waals surface area contributed by atoms with E-state index >= 15 is 0 Å². The molecule has 2 nitrogen and oxygen atoms in total. The van der Waals surface area contributed by atoms with Crippen molar-refractivity contribution in [3.63, 3.8) is 0 Å². The third kappa shape index (κ3) is 2.76. The number of anilines is 1. The van der Waals surface area contributed by atoms with Crippen molar-refractivity contribution in [1.82, 2.24) is 4.98 Å². The van der Waals surface area contributed by atoms with Gasteiger partial charge in [-0.1, -0.05) is 13.3 Å². The van der Waals surface area contributed by atoms with Gasteiger partial charge in [0, 0.05) is 25.5 Å². The SMILES string of the molecule is CCC1CCCN(c2ccncc2Br)CC1. The van der Waals surface area contributed by atoms with Gasteiger partial charge >= 0.3 is 0 Å². The van der Waals surface area contributed by atoms with Crippen LogP contribution in [0.1, 0.15) is 32.6 Å². The highest BCUT2D eigenvalue weighted by Crippen LogP contribution is 2.29. The van der Waals surface area contributed by atoms with Crippen LogP contribution in [0.15, 0.2) is 22.9 Å². The van der Waals surface area contributed by atoms with Crippen molar-refractivity contribution in [3.05, 3.63) is 22.9 Å². The maximum absolute atomic E-state index is 4.12. The van der Waals surface area contributed by atoms with Gasteiger partial charge in [-0.3, -0.25) is 4.98 Å². The van der Waals surface area contributed by atoms with E-state index in [1.54, 1.807) is 0 Å². The van der Waals surface area contributed by atoms with E-state index < -0.39 is 0 Å². The maximum Gasteiger partial charge on any atom is 0.0592 e. The van der Waals surface area contributed by atoms with E-state index in [-0.39, 0.29) is 0 Å². The number of hydrogen-bond acceptors (Lipinski definition) is 2. The number of aromatic nitrogens is 1. The van der Waals surface area contributed by atoms with Crippen LogP contribution in [0, 0.1) is 5.92 Å². The molecule has 1 aliphatic rings. The number of rotatable bonds is 2. The second kappa shape index (κ2) is 5.67. The van der Waals surface area contributed by atoms with Gasteiger partial charge in [-0.05, 0) is 47.2 Å². The van der Waals surface area contributed by atoms with Crippen LogP contribution in [0.25, 0.3) is 0 Å². The second-order valence-electron chi connectivity index (χ2n) is 4.52. The zero-order valence-corrected chi connectivity index (χ0v) is 11.4. The number of nitrogens with zero attached hydrogens (tertiary/aromatic N) is 2. The Hall–Kier alpha value is -0.570. The zero-order valence-electron chi connectivity index (χ0n) is 9.82. The van der Waals surface area contributed by atoms with Crippen molar-refractivity contribution < 1.29 is 0 Å². The van der Waals surface area contributed by atoms with Crippen molar-refractivity contribution in [3.8, 4) is 0 Å². The smallest absolute Gasteiger partial charge is 0.0592 e. The molecule has 0 N–H and O–H groups in total. The molecule has 1 aliphatic heterocycles. The topological polar surface area (TPSA) is 16.1 Å². The number of halogens is 1. The van der Waals surface area contributed by atoms with Crippen molar-refractivity contribution >= 4 is 21.6 Å². The Morgan fingerprint density at radius 1 is 1.44 bits per heavy atom. The fraction of sp³-hybridized carbons (Fsp3) is 0.615. The van der Waals surface area contributed by atoms with E-state index in [0.29, 0.717) is 0 Å². The molecule has 0 bridgehead atoms. The van der Waals surface area contributed by atoms with E-state index in [1.807, 2.05) is 12.4 Å². The summed E-state index contributed by atoms with van der Waals surface area (Å²) < 4.78 is 1.12. The molecule has 16 heavy (non-hydrogen) atoms. The van der Waals surface area contributed by atoms with Gasteiger partial charge in [0.1, 0.15) is 0 Å². The molecule has 2 rings (SSSR count). The van der Waals surface area contributed by atoms with Crippen LogP contribution < -0.4 is 4.90 Å². The monoisotopic (exact) mass is 282 g/mol. The van der Waals surface area contributed by atoms with E-state index in [4.69, 9.17) is 0 Å². The molecule has 0 saturated carbocycles. The molecule has 3 heteroatoms. The minimum Gasteiger partial charge on any atom is -0.371 e. The summed E-state index contributed by atoms with van der Waals surface area (Å²) >= 11 is 3.59. The first-order chi connectivity index (χ1) is 7.81. The first-order valence-corrected chi connectivity index (χ1v) is 6.95. The van der Waals surface area contributed by atoms with Gasteiger partial charge in [-0.25, -0.2) is 0 Å². The summed E-state index contributed by atoms with van der Waals surface area (Å²) in [6, 6.07) is 2.11. The molecule has 1 unspecified atom stereocenters. The lowest BCUT2D eigenvalue weighted by Crippen LogP contribution is -2.24. The van der Waals surface area contributed by atoms with E-state index in [2.05, 4.69) is 38.8 Å². The van der Waals surface area contributed by atoms with Gasteiger partial charge in [0.15, 0.2) is 0 Å². The summed E-state index contributed by atoms with van der Waals surface area (Å²) in [5, 5.41) is 0. The Balaban J connectivity index is 2.08. The summed E-state index contributed by atoms with van der Waals surface area (Å²) in [7, 11) is 0. The highest BCUT2D eigenvalue weighted by atomic mass is 79.9. The quantitative estimate of drug-likeness (QED) is 0.819. The van der Waals surface area contributed by atoms with Gasteiger partial charge in [-0.15, -0.1) is 0 Å². The van der Waals surface area contributed by atoms with Crippen molar-refractivity contribution in [1.29, 1.82) is 0 Å². The molecular formula is C13H19BrN2. The lowest BCUT2D eigenvalue weighted by molar-refractivity contribution is 0.459. The molecule has 0 aromatic carbocycles. The minimum absolute atomic E-state index is 0.922. The van der Waals surface area contributed by atoms with Crippen molar-refractivity contribution in [2.24, 2.45) is 5.92 Å². The van der Waals surface area contributed by atoms with Crippen LogP contribution >= 0.6 is 15.9 Å². The Labute approximate surface area is 106 Å². The molecule has 1 atom stereocenters. The molecule has 0 radical (unpaired) electrons. The molecule has 0 spiro atoms. The molecule has 0 amide bonds. The summed E-state index contributed by atoms with van der Waals surface area (Å²) in [4.78, 5) is 6.61. The molecule has 0 aliphatic carbocycles. The van der Waals surface area contributed by atoms with E-state index in [0.717, 1.165) is 10.4 Å². The predicted octanol–water partition coefficient (Wildman–Crippen LogP) is 3.86. The Kier molecular flexibility index (Phi) is 4.22. The predicted molar refractivity (Wildman–Crippen MR) is 71.8 cm³/mol. The standard InChI is InChI=1S/C13H19BrN2/c1-2-11-4-3-8-16(9-6-11)13-5-7-15-10-12(13)14/h5,7,10-11H,2-4,6,8-9H2,1H3. The van der Waals surface area contributed by atoms with Crippen LogP contribution in [0.3, 0.4) is 0 Å². The lowest BCUT2D eigenvalue weighted by atomic mass is 9.98. The summed E-state index contributed by atoms with van der Waals surface area (Å²) in [5.74, 6) is 0.922. The van der Waals surface area contributed by atoms with Crippen molar-refractivity contribution in [2.75, 3.05) is 18.0 Å². The van der Waals surface area contributed by atoms with Gasteiger partial charge < -0.3 is 4.90 Å². The number of pyridine rings is 1. The van der Waals surface area contributed by atoms with Gasteiger partial charge in [0.25, 0.3) is 0 Å². The summed E-state index contributed by atoms with van der Waals surface area (Å²) in [5.41, 5.74) is 1.30. The highest BCUT2D eigenvalue weighted by Gasteiger charge is 2.17. The minimum atomic E-state index is 0.922. The van der Waals surface area contributed by atoms with Crippen LogP contribution in [-0.4, -0.2) is 18.1 Å². The fourth-order valence-corrected chi connectivity index (χ4v) is 2.94. The highest BCUT2D eigenvalue weighted by molar-refractivity contribution is 9.10. The first kappa shape index (κ1) is 11.9. The van der Waals surface area contributed by atoms with E-state index in [9.17, 15) is 0 Å². The molecular weight excluding hydrogens is 264 g/mol. The zero-order chi connectivity index (χ0) is 11.4. The molecule has 2 heterocycles. The Morgan fingerprint density at radius 3 is 3.06 bits per heavy atom. The van der Waals surface area contributed by atoms with Crippen LogP contribution in [0.4, 0.5) is 5.69 Å². The van der Waals surface area contributed by atoms with Crippen LogP contribution in [0.2, 0.25) is 0 Å². The Bertz CT molecular complexity index is 340. The number of hydrogen-bond donors (Lipinski definition) is 0. The first-order valence-electron chi connectivity index (χ1n) is 6.15. The second-order valence-corrected chi connectivity index (χ2v) is 5.37. The maximum atomic E-state index is 4.12. The molecule has 1 aromatic heterocycles. The van der Waals surface area contributed by atoms with Gasteiger partial charge in [0.2, 0.25) is 0 Å². The van der Waals surface area contributed by atoms with Gasteiger partial charge in [-0.2, -0.15) is 0 Å². The molecule has 1 saturated heterocycles. The Morgan fingerprint density at radius 2 is 2.31 bits per heavy atom. The lowest BCUT2D eigenvalue weighted by Gasteiger charge is -2.23. The summed E-state index contributed by atoms with van der Waals surface area (Å²) in [6.07, 6.45) is 9.11. The van der Waals surface area contributed by atoms with Gasteiger partial charge in [0.05, 0.1) is 10.2 Å². The third-order valence-electron chi connectivity index (χ3n) is 3.52. The molecule has 1 fully saturated rings. The van der Waals surface area contributed by atoms with Crippen LogP contribution in [-0.2, 0) is 0 Å².